The van der Waals surface area contributed by atoms with Crippen LogP contribution in [0, 0.1) is 0 Å². The van der Waals surface area contributed by atoms with Crippen LogP contribution >= 0.6 is 0 Å². The number of hydrogen-bond donors (Lipinski definition) is 1. The number of amides is 1. The van der Waals surface area contributed by atoms with Gasteiger partial charge in [0, 0.05) is 31.0 Å². The molecular weight excluding hydrogens is 310 g/mol. The van der Waals surface area contributed by atoms with Crippen molar-refractivity contribution in [2.24, 2.45) is 0 Å². The number of nitrogens with one attached hydrogen (secondary N) is 1. The molecule has 0 aliphatic carbocycles. The molecule has 4 nitrogen and oxygen atoms in total. The van der Waals surface area contributed by atoms with Gasteiger partial charge in [0.25, 0.3) is 5.91 Å². The molecular formula is C21H27N3O. The van der Waals surface area contributed by atoms with Crippen LogP contribution in [0.15, 0.2) is 48.7 Å². The third kappa shape index (κ3) is 4.59. The number of carbonyl (C=O) groups is 1. The number of hydrogen-bond acceptors (Lipinski definition) is 3. The lowest BCUT2D eigenvalue weighted by molar-refractivity contribution is 0.0949. The molecule has 3 rings (SSSR count). The van der Waals surface area contributed by atoms with Gasteiger partial charge in [0.1, 0.15) is 5.69 Å². The first-order chi connectivity index (χ1) is 12.3. The van der Waals surface area contributed by atoms with Crippen LogP contribution in [0.25, 0.3) is 0 Å². The molecule has 2 heterocycles. The highest BCUT2D eigenvalue weighted by molar-refractivity contribution is 5.93. The van der Waals surface area contributed by atoms with E-state index in [4.69, 9.17) is 0 Å². The van der Waals surface area contributed by atoms with E-state index >= 15 is 0 Å². The van der Waals surface area contributed by atoms with Crippen LogP contribution in [0.4, 0.5) is 5.69 Å². The summed E-state index contributed by atoms with van der Waals surface area (Å²) in [5.41, 5.74) is 2.85. The third-order valence-corrected chi connectivity index (χ3v) is 4.95. The lowest BCUT2D eigenvalue weighted by Crippen LogP contribution is -2.39. The third-order valence-electron chi connectivity index (χ3n) is 4.95. The lowest BCUT2D eigenvalue weighted by atomic mass is 9.99. The molecule has 0 saturated carbocycles. The van der Waals surface area contributed by atoms with E-state index in [1.165, 1.54) is 24.8 Å². The van der Waals surface area contributed by atoms with Gasteiger partial charge in [-0.2, -0.15) is 0 Å². The topological polar surface area (TPSA) is 45.2 Å². The zero-order valence-corrected chi connectivity index (χ0v) is 14.9. The molecule has 1 atom stereocenters. The molecule has 1 aromatic carbocycles. The van der Waals surface area contributed by atoms with Crippen LogP contribution in [0.5, 0.6) is 0 Å². The van der Waals surface area contributed by atoms with Crippen molar-refractivity contribution in [2.75, 3.05) is 18.0 Å². The summed E-state index contributed by atoms with van der Waals surface area (Å²) in [7, 11) is 0. The standard InChI is InChI=1S/C21H27N3O/c1-2-18-10-6-7-15-24(18)19-12-14-22-20(16-19)21(25)23-13-11-17-8-4-3-5-9-17/h3-5,8-9,12,14,16,18H,2,6-7,10-11,13,15H2,1H3,(H,23,25). The minimum Gasteiger partial charge on any atom is -0.368 e. The Hall–Kier alpha value is -2.36. The highest BCUT2D eigenvalue weighted by Crippen LogP contribution is 2.26. The van der Waals surface area contributed by atoms with Gasteiger partial charge in [-0.1, -0.05) is 37.3 Å². The summed E-state index contributed by atoms with van der Waals surface area (Å²) in [6.45, 7) is 3.93. The predicted molar refractivity (Wildman–Crippen MR) is 102 cm³/mol. The zero-order chi connectivity index (χ0) is 17.5. The van der Waals surface area contributed by atoms with Gasteiger partial charge in [-0.05, 0) is 49.8 Å². The minimum atomic E-state index is -0.0946. The summed E-state index contributed by atoms with van der Waals surface area (Å²) in [5.74, 6) is -0.0946. The summed E-state index contributed by atoms with van der Waals surface area (Å²) in [5, 5.41) is 2.98. The predicted octanol–water partition coefficient (Wildman–Crippen LogP) is 3.82. The van der Waals surface area contributed by atoms with Gasteiger partial charge >= 0.3 is 0 Å². The number of nitrogens with zero attached hydrogens (tertiary/aromatic N) is 2. The van der Waals surface area contributed by atoms with Crippen LogP contribution in [0.2, 0.25) is 0 Å². The monoisotopic (exact) mass is 337 g/mol. The van der Waals surface area contributed by atoms with Crippen molar-refractivity contribution in [3.05, 3.63) is 59.9 Å². The molecule has 1 amide bonds. The molecule has 4 heteroatoms. The summed E-state index contributed by atoms with van der Waals surface area (Å²) in [4.78, 5) is 19.1. The average Bonchev–Trinajstić information content (AvgIpc) is 2.69. The second-order valence-electron chi connectivity index (χ2n) is 6.64. The molecule has 2 aromatic rings. The van der Waals surface area contributed by atoms with E-state index in [0.29, 0.717) is 18.3 Å². The van der Waals surface area contributed by atoms with Crippen LogP contribution < -0.4 is 10.2 Å². The van der Waals surface area contributed by atoms with Crippen LogP contribution in [-0.4, -0.2) is 30.0 Å². The first-order valence-corrected chi connectivity index (χ1v) is 9.32. The lowest BCUT2D eigenvalue weighted by Gasteiger charge is -2.37. The Morgan fingerprint density at radius 3 is 2.88 bits per heavy atom. The van der Waals surface area contributed by atoms with E-state index < -0.39 is 0 Å². The molecule has 1 N–H and O–H groups in total. The van der Waals surface area contributed by atoms with Crippen molar-refractivity contribution >= 4 is 11.6 Å². The molecule has 1 saturated heterocycles. The average molecular weight is 337 g/mol. The Morgan fingerprint density at radius 1 is 1.24 bits per heavy atom. The second-order valence-corrected chi connectivity index (χ2v) is 6.64. The van der Waals surface area contributed by atoms with Gasteiger partial charge in [-0.3, -0.25) is 9.78 Å². The maximum absolute atomic E-state index is 12.4. The molecule has 1 fully saturated rings. The fraction of sp³-hybridized carbons (Fsp3) is 0.429. The Morgan fingerprint density at radius 2 is 2.08 bits per heavy atom. The van der Waals surface area contributed by atoms with E-state index in [9.17, 15) is 4.79 Å². The van der Waals surface area contributed by atoms with Gasteiger partial charge in [-0.25, -0.2) is 0 Å². The van der Waals surface area contributed by atoms with Crippen LogP contribution in [0.3, 0.4) is 0 Å². The zero-order valence-electron chi connectivity index (χ0n) is 14.9. The second kappa shape index (κ2) is 8.65. The molecule has 0 radical (unpaired) electrons. The fourth-order valence-electron chi connectivity index (χ4n) is 3.54. The van der Waals surface area contributed by atoms with Crippen molar-refractivity contribution in [3.8, 4) is 0 Å². The number of carbonyl (C=O) groups excluding carboxylic acids is 1. The first kappa shape index (κ1) is 17.5. The Labute approximate surface area is 150 Å². The minimum absolute atomic E-state index is 0.0946. The van der Waals surface area contributed by atoms with Crippen molar-refractivity contribution < 1.29 is 4.79 Å². The molecule has 1 aromatic heterocycles. The van der Waals surface area contributed by atoms with Crippen molar-refractivity contribution in [2.45, 2.75) is 45.1 Å². The van der Waals surface area contributed by atoms with Gasteiger partial charge in [0.2, 0.25) is 0 Å². The maximum atomic E-state index is 12.4. The Balaban J connectivity index is 1.61. The van der Waals surface area contributed by atoms with Crippen LogP contribution in [0.1, 0.15) is 48.7 Å². The molecule has 1 aliphatic rings. The van der Waals surface area contributed by atoms with E-state index in [2.05, 4.69) is 34.3 Å². The number of anilines is 1. The number of pyridine rings is 1. The molecule has 1 aliphatic heterocycles. The Bertz CT molecular complexity index is 687. The summed E-state index contributed by atoms with van der Waals surface area (Å²) in [6, 6.07) is 14.7. The molecule has 0 spiro atoms. The van der Waals surface area contributed by atoms with Gasteiger partial charge in [-0.15, -0.1) is 0 Å². The largest absolute Gasteiger partial charge is 0.368 e. The number of aromatic nitrogens is 1. The van der Waals surface area contributed by atoms with Crippen molar-refractivity contribution in [1.82, 2.24) is 10.3 Å². The maximum Gasteiger partial charge on any atom is 0.269 e. The Kier molecular flexibility index (Phi) is 6.04. The molecule has 0 bridgehead atoms. The summed E-state index contributed by atoms with van der Waals surface area (Å²) in [6.07, 6.45) is 7.47. The quantitative estimate of drug-likeness (QED) is 0.871. The molecule has 25 heavy (non-hydrogen) atoms. The van der Waals surface area contributed by atoms with Gasteiger partial charge in [0.15, 0.2) is 0 Å². The van der Waals surface area contributed by atoms with Crippen LogP contribution in [-0.2, 0) is 6.42 Å². The SMILES string of the molecule is CCC1CCCCN1c1ccnc(C(=O)NCCc2ccccc2)c1. The van der Waals surface area contributed by atoms with E-state index in [0.717, 1.165) is 25.1 Å². The molecule has 1 unspecified atom stereocenters. The number of rotatable bonds is 6. The summed E-state index contributed by atoms with van der Waals surface area (Å²) >= 11 is 0. The summed E-state index contributed by atoms with van der Waals surface area (Å²) < 4.78 is 0. The number of piperidine rings is 1. The fourth-order valence-corrected chi connectivity index (χ4v) is 3.54. The molecule has 132 valence electrons. The van der Waals surface area contributed by atoms with Crippen molar-refractivity contribution in [1.29, 1.82) is 0 Å². The highest BCUT2D eigenvalue weighted by Gasteiger charge is 2.21. The van der Waals surface area contributed by atoms with E-state index in [1.807, 2.05) is 30.3 Å². The smallest absolute Gasteiger partial charge is 0.269 e. The first-order valence-electron chi connectivity index (χ1n) is 9.32. The van der Waals surface area contributed by atoms with E-state index in [1.54, 1.807) is 6.20 Å². The van der Waals surface area contributed by atoms with Gasteiger partial charge in [0.05, 0.1) is 0 Å². The highest BCUT2D eigenvalue weighted by atomic mass is 16.1. The van der Waals surface area contributed by atoms with Gasteiger partial charge < -0.3 is 10.2 Å². The van der Waals surface area contributed by atoms with Crippen molar-refractivity contribution in [3.63, 3.8) is 0 Å². The van der Waals surface area contributed by atoms with E-state index in [-0.39, 0.29) is 5.91 Å². The number of benzene rings is 1. The normalized spacial score (nSPS) is 17.3.